The van der Waals surface area contributed by atoms with E-state index in [2.05, 4.69) is 6.07 Å². The minimum atomic E-state index is 0.736. The van der Waals surface area contributed by atoms with Crippen LogP contribution in [0, 0.1) is 11.3 Å². The molecule has 1 aromatic heterocycles. The smallest absolute Gasteiger partial charge is 0.101 e. The van der Waals surface area contributed by atoms with E-state index in [0.717, 1.165) is 16.5 Å². The van der Waals surface area contributed by atoms with E-state index in [1.807, 2.05) is 42.1 Å². The molecule has 0 fully saturated rings. The fourth-order valence-corrected chi connectivity index (χ4v) is 1.45. The summed E-state index contributed by atoms with van der Waals surface area (Å²) < 4.78 is 1.97. The molecular formula is C10H8N2. The Balaban J connectivity index is 2.96. The van der Waals surface area contributed by atoms with Gasteiger partial charge < -0.3 is 4.57 Å². The third-order valence-electron chi connectivity index (χ3n) is 2.02. The lowest BCUT2D eigenvalue weighted by Gasteiger charge is -1.97. The summed E-state index contributed by atoms with van der Waals surface area (Å²) in [5, 5.41) is 9.94. The predicted molar refractivity (Wildman–Crippen MR) is 47.6 cm³/mol. The zero-order valence-electron chi connectivity index (χ0n) is 6.78. The molecule has 0 amide bonds. The molecule has 2 aromatic rings. The molecule has 0 spiro atoms. The number of rotatable bonds is 0. The van der Waals surface area contributed by atoms with E-state index in [-0.39, 0.29) is 0 Å². The molecule has 2 nitrogen and oxygen atoms in total. The first-order valence-electron chi connectivity index (χ1n) is 3.77. The molecule has 0 unspecified atom stereocenters. The van der Waals surface area contributed by atoms with E-state index in [4.69, 9.17) is 5.26 Å². The Morgan fingerprint density at radius 2 is 2.17 bits per heavy atom. The molecule has 2 heteroatoms. The summed E-state index contributed by atoms with van der Waals surface area (Å²) in [6.45, 7) is 0. The molecule has 0 N–H and O–H groups in total. The number of hydrogen-bond acceptors (Lipinski definition) is 1. The summed E-state index contributed by atoms with van der Waals surface area (Å²) in [5.41, 5.74) is 1.75. The Kier molecular flexibility index (Phi) is 1.38. The molecule has 0 aliphatic carbocycles. The monoisotopic (exact) mass is 156 g/mol. The zero-order chi connectivity index (χ0) is 8.55. The Bertz CT molecular complexity index is 460. The van der Waals surface area contributed by atoms with Crippen LogP contribution in [-0.2, 0) is 7.05 Å². The van der Waals surface area contributed by atoms with Gasteiger partial charge in [0, 0.05) is 18.6 Å². The lowest BCUT2D eigenvalue weighted by molar-refractivity contribution is 0.967. The van der Waals surface area contributed by atoms with Gasteiger partial charge in [0.25, 0.3) is 0 Å². The summed E-state index contributed by atoms with van der Waals surface area (Å²) in [4.78, 5) is 0. The van der Waals surface area contributed by atoms with Gasteiger partial charge in [0.15, 0.2) is 0 Å². The Morgan fingerprint density at radius 1 is 1.33 bits per heavy atom. The van der Waals surface area contributed by atoms with Crippen molar-refractivity contribution >= 4 is 10.9 Å². The third-order valence-corrected chi connectivity index (χ3v) is 2.02. The highest BCUT2D eigenvalue weighted by Crippen LogP contribution is 2.17. The van der Waals surface area contributed by atoms with Gasteiger partial charge in [0.05, 0.1) is 11.1 Å². The lowest BCUT2D eigenvalue weighted by Crippen LogP contribution is -1.87. The second kappa shape index (κ2) is 2.38. The normalized spacial score (nSPS) is 10.0. The number of nitriles is 1. The molecule has 1 heterocycles. The van der Waals surface area contributed by atoms with Crippen LogP contribution in [-0.4, -0.2) is 4.57 Å². The Labute approximate surface area is 70.7 Å². The number of aryl methyl sites for hydroxylation is 1. The minimum absolute atomic E-state index is 0.736. The summed E-state index contributed by atoms with van der Waals surface area (Å²) >= 11 is 0. The lowest BCUT2D eigenvalue weighted by atomic mass is 10.2. The SMILES string of the molecule is Cn1ccc2cccc(C#N)c21. The second-order valence-corrected chi connectivity index (χ2v) is 2.78. The molecule has 0 saturated heterocycles. The predicted octanol–water partition coefficient (Wildman–Crippen LogP) is 2.05. The number of aromatic nitrogens is 1. The molecule has 0 saturated carbocycles. The van der Waals surface area contributed by atoms with Crippen LogP contribution in [0.1, 0.15) is 5.56 Å². The maximum atomic E-state index is 8.82. The zero-order valence-corrected chi connectivity index (χ0v) is 6.78. The molecule has 12 heavy (non-hydrogen) atoms. The van der Waals surface area contributed by atoms with Crippen molar-refractivity contribution in [3.05, 3.63) is 36.0 Å². The minimum Gasteiger partial charge on any atom is -0.349 e. The average Bonchev–Trinajstić information content (AvgIpc) is 2.48. The number of fused-ring (bicyclic) bond motifs is 1. The van der Waals surface area contributed by atoms with Crippen LogP contribution >= 0.6 is 0 Å². The highest BCUT2D eigenvalue weighted by atomic mass is 14.9. The van der Waals surface area contributed by atoms with Crippen LogP contribution in [0.15, 0.2) is 30.5 Å². The van der Waals surface area contributed by atoms with Crippen LogP contribution in [0.2, 0.25) is 0 Å². The number of hydrogen-bond donors (Lipinski definition) is 0. The maximum Gasteiger partial charge on any atom is 0.101 e. The van der Waals surface area contributed by atoms with Gasteiger partial charge in [-0.1, -0.05) is 12.1 Å². The van der Waals surface area contributed by atoms with E-state index in [1.54, 1.807) is 0 Å². The van der Waals surface area contributed by atoms with Crippen molar-refractivity contribution in [3.63, 3.8) is 0 Å². The van der Waals surface area contributed by atoms with Gasteiger partial charge in [-0.25, -0.2) is 0 Å². The number of nitrogens with zero attached hydrogens (tertiary/aromatic N) is 2. The molecule has 0 atom stereocenters. The van der Waals surface area contributed by atoms with E-state index < -0.39 is 0 Å². The van der Waals surface area contributed by atoms with Crippen LogP contribution in [0.5, 0.6) is 0 Å². The van der Waals surface area contributed by atoms with Crippen molar-refractivity contribution in [2.24, 2.45) is 7.05 Å². The van der Waals surface area contributed by atoms with Crippen molar-refractivity contribution in [1.82, 2.24) is 4.57 Å². The Morgan fingerprint density at radius 3 is 2.92 bits per heavy atom. The summed E-state index contributed by atoms with van der Waals surface area (Å²) in [5.74, 6) is 0. The fourth-order valence-electron chi connectivity index (χ4n) is 1.45. The van der Waals surface area contributed by atoms with Gasteiger partial charge in [0.1, 0.15) is 6.07 Å². The van der Waals surface area contributed by atoms with E-state index in [9.17, 15) is 0 Å². The van der Waals surface area contributed by atoms with Gasteiger partial charge in [-0.2, -0.15) is 5.26 Å². The first-order valence-corrected chi connectivity index (χ1v) is 3.77. The quantitative estimate of drug-likeness (QED) is 0.573. The molecule has 0 bridgehead atoms. The van der Waals surface area contributed by atoms with Gasteiger partial charge >= 0.3 is 0 Å². The van der Waals surface area contributed by atoms with Crippen molar-refractivity contribution < 1.29 is 0 Å². The van der Waals surface area contributed by atoms with E-state index in [1.165, 1.54) is 0 Å². The van der Waals surface area contributed by atoms with Crippen molar-refractivity contribution in [2.45, 2.75) is 0 Å². The maximum absolute atomic E-state index is 8.82. The topological polar surface area (TPSA) is 28.7 Å². The molecule has 0 aliphatic heterocycles. The van der Waals surface area contributed by atoms with Gasteiger partial charge in [-0.3, -0.25) is 0 Å². The van der Waals surface area contributed by atoms with Crippen molar-refractivity contribution in [2.75, 3.05) is 0 Å². The third kappa shape index (κ3) is 0.802. The fraction of sp³-hybridized carbons (Fsp3) is 0.100. The van der Waals surface area contributed by atoms with Crippen molar-refractivity contribution in [3.8, 4) is 6.07 Å². The van der Waals surface area contributed by atoms with Crippen molar-refractivity contribution in [1.29, 1.82) is 5.26 Å². The number of benzene rings is 1. The second-order valence-electron chi connectivity index (χ2n) is 2.78. The van der Waals surface area contributed by atoms with Gasteiger partial charge in [-0.05, 0) is 12.1 Å². The molecular weight excluding hydrogens is 148 g/mol. The standard InChI is InChI=1S/C10H8N2/c1-12-6-5-8-3-2-4-9(7-11)10(8)12/h2-6H,1H3. The molecule has 0 radical (unpaired) electrons. The van der Waals surface area contributed by atoms with Gasteiger partial charge in [0.2, 0.25) is 0 Å². The summed E-state index contributed by atoms with van der Waals surface area (Å²) in [7, 11) is 1.95. The first-order chi connectivity index (χ1) is 5.83. The molecule has 58 valence electrons. The van der Waals surface area contributed by atoms with E-state index >= 15 is 0 Å². The highest BCUT2D eigenvalue weighted by Gasteiger charge is 2.01. The highest BCUT2D eigenvalue weighted by molar-refractivity contribution is 5.85. The van der Waals surface area contributed by atoms with Crippen LogP contribution in [0.4, 0.5) is 0 Å². The summed E-state index contributed by atoms with van der Waals surface area (Å²) in [6, 6.07) is 9.94. The molecule has 1 aromatic carbocycles. The Hall–Kier alpha value is -1.75. The van der Waals surface area contributed by atoms with Crippen LogP contribution < -0.4 is 0 Å². The van der Waals surface area contributed by atoms with Crippen LogP contribution in [0.3, 0.4) is 0 Å². The first kappa shape index (κ1) is 6.93. The molecule has 0 aliphatic rings. The number of para-hydroxylation sites is 1. The molecule has 2 rings (SSSR count). The van der Waals surface area contributed by atoms with Gasteiger partial charge in [-0.15, -0.1) is 0 Å². The average molecular weight is 156 g/mol. The van der Waals surface area contributed by atoms with Crippen LogP contribution in [0.25, 0.3) is 10.9 Å². The summed E-state index contributed by atoms with van der Waals surface area (Å²) in [6.07, 6.45) is 1.96. The van der Waals surface area contributed by atoms with E-state index in [0.29, 0.717) is 0 Å². The largest absolute Gasteiger partial charge is 0.349 e.